The number of aromatic nitrogens is 1. The molecule has 0 radical (unpaired) electrons. The van der Waals surface area contributed by atoms with Crippen LogP contribution in [0.25, 0.3) is 0 Å². The monoisotopic (exact) mass is 245 g/mol. The van der Waals surface area contributed by atoms with Gasteiger partial charge in [0.2, 0.25) is 0 Å². The van der Waals surface area contributed by atoms with E-state index in [9.17, 15) is 4.79 Å². The molecule has 0 bridgehead atoms. The van der Waals surface area contributed by atoms with Crippen molar-refractivity contribution in [2.24, 2.45) is 0 Å². The van der Waals surface area contributed by atoms with Crippen LogP contribution in [0, 0.1) is 0 Å². The molecule has 1 aromatic heterocycles. The first kappa shape index (κ1) is 11.7. The number of nitrogens with one attached hydrogen (secondary N) is 1. The lowest BCUT2D eigenvalue weighted by atomic mass is 9.87. The first-order valence-corrected chi connectivity index (χ1v) is 6.80. The summed E-state index contributed by atoms with van der Waals surface area (Å²) < 4.78 is 0. The van der Waals surface area contributed by atoms with Gasteiger partial charge in [-0.25, -0.2) is 0 Å². The number of piperazine rings is 1. The zero-order valence-corrected chi connectivity index (χ0v) is 10.5. The maximum Gasteiger partial charge on any atom is 0.255 e. The van der Waals surface area contributed by atoms with Crippen molar-refractivity contribution in [1.82, 2.24) is 15.2 Å². The molecule has 0 aromatic carbocycles. The highest BCUT2D eigenvalue weighted by molar-refractivity contribution is 5.94. The van der Waals surface area contributed by atoms with Crippen LogP contribution in [0.5, 0.6) is 0 Å². The normalized spacial score (nSPS) is 27.7. The van der Waals surface area contributed by atoms with Crippen LogP contribution < -0.4 is 5.32 Å². The van der Waals surface area contributed by atoms with E-state index in [0.717, 1.165) is 19.5 Å². The van der Waals surface area contributed by atoms with E-state index in [1.807, 2.05) is 12.1 Å². The zero-order chi connectivity index (χ0) is 12.4. The molecule has 1 amide bonds. The van der Waals surface area contributed by atoms with E-state index in [0.29, 0.717) is 17.6 Å². The molecule has 1 saturated carbocycles. The Morgan fingerprint density at radius 3 is 3.11 bits per heavy atom. The third kappa shape index (κ3) is 2.12. The summed E-state index contributed by atoms with van der Waals surface area (Å²) in [5.74, 6) is 0.140. The minimum absolute atomic E-state index is 0.140. The summed E-state index contributed by atoms with van der Waals surface area (Å²) >= 11 is 0. The number of nitrogens with zero attached hydrogens (tertiary/aromatic N) is 2. The van der Waals surface area contributed by atoms with Crippen LogP contribution in [-0.2, 0) is 0 Å². The van der Waals surface area contributed by atoms with Crippen LogP contribution in [0.3, 0.4) is 0 Å². The number of carbonyl (C=O) groups excluding carboxylic acids is 1. The second-order valence-corrected chi connectivity index (χ2v) is 5.15. The second-order valence-electron chi connectivity index (χ2n) is 5.15. The van der Waals surface area contributed by atoms with Gasteiger partial charge in [0.1, 0.15) is 0 Å². The molecular formula is C14H19N3O. The summed E-state index contributed by atoms with van der Waals surface area (Å²) in [6.07, 6.45) is 8.22. The van der Waals surface area contributed by atoms with E-state index in [2.05, 4.69) is 15.2 Å². The molecule has 96 valence electrons. The Bertz CT molecular complexity index is 418. The first-order chi connectivity index (χ1) is 8.86. The average Bonchev–Trinajstić information content (AvgIpc) is 2.47. The highest BCUT2D eigenvalue weighted by Crippen LogP contribution is 2.26. The van der Waals surface area contributed by atoms with Gasteiger partial charge in [-0.05, 0) is 25.0 Å². The van der Waals surface area contributed by atoms with Gasteiger partial charge in [0.05, 0.1) is 5.56 Å². The Morgan fingerprint density at radius 2 is 2.28 bits per heavy atom. The predicted octanol–water partition coefficient (Wildman–Crippen LogP) is 1.44. The van der Waals surface area contributed by atoms with E-state index >= 15 is 0 Å². The summed E-state index contributed by atoms with van der Waals surface area (Å²) in [5.41, 5.74) is 0.712. The van der Waals surface area contributed by atoms with E-state index in [1.165, 1.54) is 19.3 Å². The standard InChI is InChI=1S/C14H19N3O/c18-14(11-4-3-7-15-10-11)17-9-8-16-12-5-1-2-6-13(12)17/h3-4,7,10,12-13,16H,1-2,5-6,8-9H2. The lowest BCUT2D eigenvalue weighted by Crippen LogP contribution is -2.60. The highest BCUT2D eigenvalue weighted by atomic mass is 16.2. The number of hydrogen-bond donors (Lipinski definition) is 1. The van der Waals surface area contributed by atoms with E-state index in [1.54, 1.807) is 12.4 Å². The SMILES string of the molecule is O=C(c1cccnc1)N1CCNC2CCCCC21. The Morgan fingerprint density at radius 1 is 1.39 bits per heavy atom. The van der Waals surface area contributed by atoms with Crippen LogP contribution in [0.1, 0.15) is 36.0 Å². The minimum atomic E-state index is 0.140. The topological polar surface area (TPSA) is 45.2 Å². The summed E-state index contributed by atoms with van der Waals surface area (Å²) in [4.78, 5) is 18.6. The Balaban J connectivity index is 1.80. The van der Waals surface area contributed by atoms with Gasteiger partial charge >= 0.3 is 0 Å². The Hall–Kier alpha value is -1.42. The number of amides is 1. The van der Waals surface area contributed by atoms with Crippen molar-refractivity contribution in [1.29, 1.82) is 0 Å². The molecule has 1 N–H and O–H groups in total. The molecule has 2 atom stereocenters. The number of pyridine rings is 1. The largest absolute Gasteiger partial charge is 0.333 e. The molecule has 4 nitrogen and oxygen atoms in total. The summed E-state index contributed by atoms with van der Waals surface area (Å²) in [6, 6.07) is 4.55. The molecule has 4 heteroatoms. The summed E-state index contributed by atoms with van der Waals surface area (Å²) in [7, 11) is 0. The van der Waals surface area contributed by atoms with Crippen molar-refractivity contribution < 1.29 is 4.79 Å². The van der Waals surface area contributed by atoms with Gasteiger partial charge in [-0.2, -0.15) is 0 Å². The fourth-order valence-electron chi connectivity index (χ4n) is 3.17. The molecule has 1 aliphatic heterocycles. The van der Waals surface area contributed by atoms with Gasteiger partial charge in [-0.1, -0.05) is 12.8 Å². The number of fused-ring (bicyclic) bond motifs is 1. The van der Waals surface area contributed by atoms with Gasteiger partial charge in [0.25, 0.3) is 5.91 Å². The van der Waals surface area contributed by atoms with Crippen LogP contribution in [0.2, 0.25) is 0 Å². The van der Waals surface area contributed by atoms with Crippen LogP contribution >= 0.6 is 0 Å². The molecule has 1 saturated heterocycles. The molecule has 2 unspecified atom stereocenters. The molecule has 3 rings (SSSR count). The molecule has 0 spiro atoms. The predicted molar refractivity (Wildman–Crippen MR) is 69.3 cm³/mol. The lowest BCUT2D eigenvalue weighted by Gasteiger charge is -2.44. The fourth-order valence-corrected chi connectivity index (χ4v) is 3.17. The molecule has 18 heavy (non-hydrogen) atoms. The van der Waals surface area contributed by atoms with E-state index < -0.39 is 0 Å². The average molecular weight is 245 g/mol. The van der Waals surface area contributed by atoms with Gasteiger partial charge in [0.15, 0.2) is 0 Å². The third-order valence-electron chi connectivity index (χ3n) is 4.06. The minimum Gasteiger partial charge on any atom is -0.333 e. The highest BCUT2D eigenvalue weighted by Gasteiger charge is 2.35. The summed E-state index contributed by atoms with van der Waals surface area (Å²) in [5, 5.41) is 3.55. The van der Waals surface area contributed by atoms with Crippen molar-refractivity contribution in [3.8, 4) is 0 Å². The van der Waals surface area contributed by atoms with Crippen LogP contribution in [-0.4, -0.2) is 41.0 Å². The van der Waals surface area contributed by atoms with E-state index in [-0.39, 0.29) is 5.91 Å². The van der Waals surface area contributed by atoms with Crippen molar-refractivity contribution in [2.75, 3.05) is 13.1 Å². The van der Waals surface area contributed by atoms with Crippen LogP contribution in [0.15, 0.2) is 24.5 Å². The van der Waals surface area contributed by atoms with Gasteiger partial charge in [-0.3, -0.25) is 9.78 Å². The van der Waals surface area contributed by atoms with Gasteiger partial charge in [0, 0.05) is 37.6 Å². The van der Waals surface area contributed by atoms with Gasteiger partial charge < -0.3 is 10.2 Å². The fraction of sp³-hybridized carbons (Fsp3) is 0.571. The van der Waals surface area contributed by atoms with Gasteiger partial charge in [-0.15, -0.1) is 0 Å². The molecule has 2 fully saturated rings. The lowest BCUT2D eigenvalue weighted by molar-refractivity contribution is 0.0489. The smallest absolute Gasteiger partial charge is 0.255 e. The molecule has 1 aliphatic carbocycles. The van der Waals surface area contributed by atoms with Crippen molar-refractivity contribution in [3.63, 3.8) is 0 Å². The quantitative estimate of drug-likeness (QED) is 0.814. The van der Waals surface area contributed by atoms with Crippen LogP contribution in [0.4, 0.5) is 0 Å². The molecule has 1 aromatic rings. The van der Waals surface area contributed by atoms with E-state index in [4.69, 9.17) is 0 Å². The first-order valence-electron chi connectivity index (χ1n) is 6.80. The Labute approximate surface area is 107 Å². The third-order valence-corrected chi connectivity index (χ3v) is 4.06. The number of rotatable bonds is 1. The maximum absolute atomic E-state index is 12.5. The molecular weight excluding hydrogens is 226 g/mol. The molecule has 2 aliphatic rings. The maximum atomic E-state index is 12.5. The zero-order valence-electron chi connectivity index (χ0n) is 10.5. The van der Waals surface area contributed by atoms with Crippen molar-refractivity contribution in [2.45, 2.75) is 37.8 Å². The van der Waals surface area contributed by atoms with Crippen molar-refractivity contribution in [3.05, 3.63) is 30.1 Å². The second kappa shape index (κ2) is 5.06. The molecule has 2 heterocycles. The Kier molecular flexibility index (Phi) is 3.28. The van der Waals surface area contributed by atoms with Crippen molar-refractivity contribution >= 4 is 5.91 Å². The summed E-state index contributed by atoms with van der Waals surface area (Å²) in [6.45, 7) is 1.72. The number of hydrogen-bond acceptors (Lipinski definition) is 3. The number of carbonyl (C=O) groups is 1.